The number of carbonyl (C=O) groups is 2. The second-order valence-electron chi connectivity index (χ2n) is 6.93. The fourth-order valence-electron chi connectivity index (χ4n) is 2.26. The van der Waals surface area contributed by atoms with Crippen molar-refractivity contribution in [2.45, 2.75) is 41.7 Å². The molecule has 222 valence electrons. The molecule has 0 aromatic heterocycles. The molecule has 0 bridgehead atoms. The third kappa shape index (κ3) is 5.45. The molecule has 22 heteroatoms. The molecule has 0 aliphatic rings. The molecule has 0 saturated heterocycles. The van der Waals surface area contributed by atoms with E-state index in [0.29, 0.717) is 6.07 Å². The van der Waals surface area contributed by atoms with Crippen LogP contribution in [0.1, 0.15) is 20.7 Å². The molecule has 1 aromatic carbocycles. The number of allylic oxidation sites excluding steroid dienone is 1. The van der Waals surface area contributed by atoms with E-state index in [2.05, 4.69) is 4.74 Å². The van der Waals surface area contributed by atoms with Gasteiger partial charge in [0, 0.05) is 11.1 Å². The molecule has 0 heterocycles. The van der Waals surface area contributed by atoms with Crippen molar-refractivity contribution in [1.29, 1.82) is 0 Å². The second kappa shape index (κ2) is 10.2. The topological polar surface area (TPSA) is 43.4 Å². The predicted molar refractivity (Wildman–Crippen MR) is 92.4 cm³/mol. The summed E-state index contributed by atoms with van der Waals surface area (Å²) in [7, 11) is 0. The van der Waals surface area contributed by atoms with Gasteiger partial charge < -0.3 is 4.74 Å². The molecule has 3 nitrogen and oxygen atoms in total. The van der Waals surface area contributed by atoms with Crippen molar-refractivity contribution in [1.82, 2.24) is 0 Å². The van der Waals surface area contributed by atoms with Crippen LogP contribution in [0, 0.1) is 0 Å². The summed E-state index contributed by atoms with van der Waals surface area (Å²) < 4.78 is 228. The third-order valence-electron chi connectivity index (χ3n) is 4.34. The second-order valence-corrected chi connectivity index (χ2v) is 7.61. The molecule has 0 unspecified atom stereocenters. The van der Waals surface area contributed by atoms with Crippen molar-refractivity contribution in [3.05, 3.63) is 41.2 Å². The van der Waals surface area contributed by atoms with Gasteiger partial charge >= 0.3 is 47.7 Å². The molecule has 0 aliphatic carbocycles. The largest absolute Gasteiger partial charge is 0.460 e. The molecule has 1 aromatic rings. The standard InChI is InChI=1S/C17H3Cl2F17O3/c18-8(37)4-1-5(9(19)38)3-6(2-4)39-10(21)7(20)11(22,23)12(24,25)13(26,27)14(28,29)15(30,31)16(32,33)17(34,35)36/h1-3H/b10-7-. The Hall–Kier alpha value is -2.51. The van der Waals surface area contributed by atoms with E-state index in [4.69, 9.17) is 23.2 Å². The maximum Gasteiger partial charge on any atom is 0.460 e. The summed E-state index contributed by atoms with van der Waals surface area (Å²) in [4.78, 5) is 22.2. The van der Waals surface area contributed by atoms with E-state index in [9.17, 15) is 84.2 Å². The van der Waals surface area contributed by atoms with Crippen molar-refractivity contribution in [2.75, 3.05) is 0 Å². The average Bonchev–Trinajstić information content (AvgIpc) is 2.76. The monoisotopic (exact) mass is 648 g/mol. The van der Waals surface area contributed by atoms with E-state index in [1.165, 1.54) is 0 Å². The van der Waals surface area contributed by atoms with Gasteiger partial charge in [0.25, 0.3) is 10.5 Å². The third-order valence-corrected chi connectivity index (χ3v) is 4.78. The zero-order chi connectivity index (χ0) is 31.4. The molecule has 0 amide bonds. The highest BCUT2D eigenvalue weighted by Crippen LogP contribution is 2.63. The molecular formula is C17H3Cl2F17O3. The first kappa shape index (κ1) is 34.5. The van der Waals surface area contributed by atoms with E-state index in [0.717, 1.165) is 0 Å². The number of carbonyl (C=O) groups excluding carboxylic acids is 2. The summed E-state index contributed by atoms with van der Waals surface area (Å²) in [6.07, 6.45) is -7.85. The molecule has 0 radical (unpaired) electrons. The summed E-state index contributed by atoms with van der Waals surface area (Å²) in [6.45, 7) is 0. The molecule has 39 heavy (non-hydrogen) atoms. The molecule has 0 atom stereocenters. The maximum absolute atomic E-state index is 13.8. The van der Waals surface area contributed by atoms with Crippen molar-refractivity contribution in [3.63, 3.8) is 0 Å². The normalized spacial score (nSPS) is 15.2. The molecule has 0 aliphatic heterocycles. The summed E-state index contributed by atoms with van der Waals surface area (Å²) in [5.74, 6) is -56.6. The highest BCUT2D eigenvalue weighted by molar-refractivity contribution is 6.69. The SMILES string of the molecule is O=C(Cl)c1cc(O/C(F)=C(\F)C(F)(F)C(F)(F)C(F)(F)C(F)(F)C(F)(F)C(F)(F)C(F)(F)F)cc(C(=O)Cl)c1. The molecular weight excluding hydrogens is 646 g/mol. The van der Waals surface area contributed by atoms with Crippen LogP contribution in [-0.4, -0.2) is 52.2 Å². The van der Waals surface area contributed by atoms with Crippen LogP contribution in [0.5, 0.6) is 5.75 Å². The maximum atomic E-state index is 13.8. The van der Waals surface area contributed by atoms with Crippen molar-refractivity contribution in [3.8, 4) is 5.75 Å². The van der Waals surface area contributed by atoms with Gasteiger partial charge in [-0.25, -0.2) is 0 Å². The fourth-order valence-corrected chi connectivity index (χ4v) is 2.48. The zero-order valence-electron chi connectivity index (χ0n) is 17.1. The van der Waals surface area contributed by atoms with Gasteiger partial charge in [-0.1, -0.05) is 0 Å². The highest BCUT2D eigenvalue weighted by Gasteiger charge is 2.93. The predicted octanol–water partition coefficient (Wildman–Crippen LogP) is 8.31. The van der Waals surface area contributed by atoms with Crippen LogP contribution in [0.4, 0.5) is 74.6 Å². The van der Waals surface area contributed by atoms with Crippen molar-refractivity contribution < 1.29 is 89.0 Å². The van der Waals surface area contributed by atoms with Gasteiger partial charge in [-0.15, -0.1) is 0 Å². The van der Waals surface area contributed by atoms with Crippen molar-refractivity contribution in [2.24, 2.45) is 0 Å². The highest BCUT2D eigenvalue weighted by atomic mass is 35.5. The average molecular weight is 649 g/mol. The molecule has 1 rings (SSSR count). The zero-order valence-corrected chi connectivity index (χ0v) is 18.6. The van der Waals surface area contributed by atoms with E-state index in [1.807, 2.05) is 0 Å². The minimum atomic E-state index is -8.73. The van der Waals surface area contributed by atoms with Gasteiger partial charge in [-0.2, -0.15) is 74.6 Å². The van der Waals surface area contributed by atoms with E-state index < -0.39 is 80.9 Å². The van der Waals surface area contributed by atoms with Gasteiger partial charge in [0.15, 0.2) is 0 Å². The Labute approximate surface area is 212 Å². The first-order valence-corrected chi connectivity index (χ1v) is 9.40. The Morgan fingerprint density at radius 1 is 0.564 bits per heavy atom. The summed E-state index contributed by atoms with van der Waals surface area (Å²) in [5.41, 5.74) is -1.86. The van der Waals surface area contributed by atoms with Gasteiger partial charge in [-0.3, -0.25) is 9.59 Å². The van der Waals surface area contributed by atoms with Crippen LogP contribution in [0.25, 0.3) is 0 Å². The molecule has 0 N–H and O–H groups in total. The lowest BCUT2D eigenvalue weighted by Crippen LogP contribution is -2.72. The van der Waals surface area contributed by atoms with Gasteiger partial charge in [-0.05, 0) is 41.4 Å². The quantitative estimate of drug-likeness (QED) is 0.146. The van der Waals surface area contributed by atoms with Crippen LogP contribution in [-0.2, 0) is 0 Å². The number of hydrogen-bond donors (Lipinski definition) is 0. The molecule has 0 saturated carbocycles. The number of benzene rings is 1. The summed E-state index contributed by atoms with van der Waals surface area (Å²) in [6, 6.07) is -3.00. The van der Waals surface area contributed by atoms with E-state index in [-0.39, 0.29) is 12.1 Å². The van der Waals surface area contributed by atoms with E-state index in [1.54, 1.807) is 0 Å². The lowest BCUT2D eigenvalue weighted by atomic mass is 9.91. The van der Waals surface area contributed by atoms with Gasteiger partial charge in [0.05, 0.1) is 0 Å². The Bertz CT molecular complexity index is 1140. The lowest BCUT2D eigenvalue weighted by Gasteiger charge is -2.41. The number of alkyl halides is 15. The van der Waals surface area contributed by atoms with Crippen molar-refractivity contribution >= 4 is 33.7 Å². The van der Waals surface area contributed by atoms with Gasteiger partial charge in [0.2, 0.25) is 5.83 Å². The molecule has 0 fully saturated rings. The minimum Gasteiger partial charge on any atom is -0.430 e. The number of ether oxygens (including phenoxy) is 1. The fraction of sp³-hybridized carbons (Fsp3) is 0.412. The Morgan fingerprint density at radius 3 is 1.23 bits per heavy atom. The Kier molecular flexibility index (Phi) is 8.98. The number of halogens is 19. The number of rotatable bonds is 10. The lowest BCUT2D eigenvalue weighted by molar-refractivity contribution is -0.451. The Balaban J connectivity index is 3.68. The van der Waals surface area contributed by atoms with Crippen LogP contribution < -0.4 is 4.74 Å². The minimum absolute atomic E-state index is 0.143. The summed E-state index contributed by atoms with van der Waals surface area (Å²) in [5, 5.41) is -3.11. The Morgan fingerprint density at radius 2 is 0.897 bits per heavy atom. The summed E-state index contributed by atoms with van der Waals surface area (Å²) >= 11 is 9.97. The smallest absolute Gasteiger partial charge is 0.430 e. The van der Waals surface area contributed by atoms with Crippen LogP contribution in [0.2, 0.25) is 0 Å². The number of hydrogen-bond acceptors (Lipinski definition) is 3. The van der Waals surface area contributed by atoms with Gasteiger partial charge in [0.1, 0.15) is 5.75 Å². The van der Waals surface area contributed by atoms with Crippen LogP contribution in [0.3, 0.4) is 0 Å². The van der Waals surface area contributed by atoms with E-state index >= 15 is 0 Å². The van der Waals surface area contributed by atoms with Crippen LogP contribution >= 0.6 is 23.2 Å². The first-order chi connectivity index (χ1) is 17.0. The van der Waals surface area contributed by atoms with Crippen LogP contribution in [0.15, 0.2) is 30.0 Å². The molecule has 0 spiro atoms. The first-order valence-electron chi connectivity index (χ1n) is 8.64.